The predicted octanol–water partition coefficient (Wildman–Crippen LogP) is 7.36. The van der Waals surface area contributed by atoms with Crippen LogP contribution in [0.1, 0.15) is 66.7 Å². The van der Waals surface area contributed by atoms with Gasteiger partial charge in [-0.1, -0.05) is 18.2 Å². The van der Waals surface area contributed by atoms with Crippen LogP contribution in [0.3, 0.4) is 0 Å². The minimum absolute atomic E-state index is 0.0215. The minimum Gasteiger partial charge on any atom is -0.203 e. The molecule has 148 valence electrons. The maximum atomic E-state index is 15.0. The van der Waals surface area contributed by atoms with Crippen molar-refractivity contribution < 1.29 is 17.6 Å². The zero-order valence-electron chi connectivity index (χ0n) is 16.1. The Labute approximate surface area is 163 Å². The molecule has 2 aliphatic carbocycles. The van der Waals surface area contributed by atoms with Crippen LogP contribution < -0.4 is 0 Å². The molecule has 0 aromatic heterocycles. The van der Waals surface area contributed by atoms with Gasteiger partial charge in [0.15, 0.2) is 23.3 Å². The van der Waals surface area contributed by atoms with Crippen LogP contribution in [0.2, 0.25) is 0 Å². The molecule has 0 radical (unpaired) electrons. The van der Waals surface area contributed by atoms with Gasteiger partial charge in [-0.05, 0) is 86.0 Å². The van der Waals surface area contributed by atoms with Crippen molar-refractivity contribution in [2.45, 2.75) is 57.8 Å². The van der Waals surface area contributed by atoms with Crippen molar-refractivity contribution in [1.82, 2.24) is 0 Å². The molecule has 1 saturated carbocycles. The zero-order valence-corrected chi connectivity index (χ0v) is 16.1. The molecule has 0 bridgehead atoms. The van der Waals surface area contributed by atoms with E-state index < -0.39 is 23.3 Å². The summed E-state index contributed by atoms with van der Waals surface area (Å²) in [7, 11) is 0. The van der Waals surface area contributed by atoms with Gasteiger partial charge in [-0.15, -0.1) is 6.58 Å². The third-order valence-corrected chi connectivity index (χ3v) is 6.48. The third kappa shape index (κ3) is 3.07. The summed E-state index contributed by atoms with van der Waals surface area (Å²) in [6.45, 7) is 5.24. The highest BCUT2D eigenvalue weighted by molar-refractivity contribution is 5.79. The molecular weight excluding hydrogens is 364 g/mol. The highest BCUT2D eigenvalue weighted by Gasteiger charge is 2.33. The monoisotopic (exact) mass is 388 g/mol. The number of allylic oxidation sites excluding steroid dienone is 1. The second-order valence-electron chi connectivity index (χ2n) is 8.24. The largest absolute Gasteiger partial charge is 0.203 e. The summed E-state index contributed by atoms with van der Waals surface area (Å²) in [5, 5.41) is 0. The first-order valence-electron chi connectivity index (χ1n) is 10.0. The number of halogens is 4. The topological polar surface area (TPSA) is 0 Å². The van der Waals surface area contributed by atoms with Crippen LogP contribution in [0, 0.1) is 36.1 Å². The summed E-state index contributed by atoms with van der Waals surface area (Å²) < 4.78 is 58.4. The molecule has 0 saturated heterocycles. The number of hydrogen-bond donors (Lipinski definition) is 0. The van der Waals surface area contributed by atoms with Crippen molar-refractivity contribution in [3.05, 3.63) is 70.3 Å². The van der Waals surface area contributed by atoms with E-state index in [9.17, 15) is 17.6 Å². The Morgan fingerprint density at radius 3 is 2.14 bits per heavy atom. The molecule has 0 atom stereocenters. The normalized spacial score (nSPS) is 20.8. The lowest BCUT2D eigenvalue weighted by Crippen LogP contribution is -2.15. The molecule has 4 rings (SSSR count). The first-order valence-corrected chi connectivity index (χ1v) is 10.0. The van der Waals surface area contributed by atoms with Gasteiger partial charge in [-0.25, -0.2) is 17.6 Å². The molecule has 0 unspecified atom stereocenters. The number of rotatable bonds is 4. The van der Waals surface area contributed by atoms with E-state index in [0.717, 1.165) is 38.5 Å². The minimum atomic E-state index is -1.08. The van der Waals surface area contributed by atoms with Crippen molar-refractivity contribution >= 4 is 0 Å². The zero-order chi connectivity index (χ0) is 20.0. The molecule has 0 N–H and O–H groups in total. The van der Waals surface area contributed by atoms with Gasteiger partial charge in [-0.2, -0.15) is 0 Å². The second kappa shape index (κ2) is 7.38. The molecule has 28 heavy (non-hydrogen) atoms. The molecule has 1 fully saturated rings. The predicted molar refractivity (Wildman–Crippen MR) is 103 cm³/mol. The van der Waals surface area contributed by atoms with Gasteiger partial charge in [0.25, 0.3) is 0 Å². The Morgan fingerprint density at radius 1 is 0.893 bits per heavy atom. The smallest absolute Gasteiger partial charge is 0.167 e. The quantitative estimate of drug-likeness (QED) is 0.323. The molecule has 4 heteroatoms. The lowest BCUT2D eigenvalue weighted by molar-refractivity contribution is 0.306. The molecule has 2 aromatic carbocycles. The molecule has 0 amide bonds. The van der Waals surface area contributed by atoms with Gasteiger partial charge in [0.1, 0.15) is 0 Å². The Hall–Kier alpha value is -2.10. The highest BCUT2D eigenvalue weighted by atomic mass is 19.2. The van der Waals surface area contributed by atoms with Crippen LogP contribution in [0.5, 0.6) is 0 Å². The summed E-state index contributed by atoms with van der Waals surface area (Å²) in [5.41, 5.74) is 1.44. The van der Waals surface area contributed by atoms with Crippen molar-refractivity contribution in [3.8, 4) is 11.1 Å². The Kier molecular flexibility index (Phi) is 5.07. The summed E-state index contributed by atoms with van der Waals surface area (Å²) in [6, 6.07) is 3.23. The van der Waals surface area contributed by atoms with E-state index in [1.165, 1.54) is 13.0 Å². The van der Waals surface area contributed by atoms with E-state index in [-0.39, 0.29) is 22.6 Å². The van der Waals surface area contributed by atoms with E-state index in [2.05, 4.69) is 6.58 Å². The Bertz CT molecular complexity index is 937. The lowest BCUT2D eigenvalue weighted by atomic mass is 9.76. The Morgan fingerprint density at radius 2 is 1.50 bits per heavy atom. The molecule has 0 heterocycles. The number of aryl methyl sites for hydroxylation is 1. The molecule has 2 aromatic rings. The summed E-state index contributed by atoms with van der Waals surface area (Å²) in [6.07, 6.45) is 7.95. The van der Waals surface area contributed by atoms with E-state index in [1.807, 2.05) is 6.08 Å². The van der Waals surface area contributed by atoms with Gasteiger partial charge in [-0.3, -0.25) is 0 Å². The Balaban J connectivity index is 1.67. The van der Waals surface area contributed by atoms with Crippen LogP contribution in [0.4, 0.5) is 17.6 Å². The standard InChI is InChI=1S/C24H24F4/c1-3-4-5-14-6-8-15(9-7-14)18-12-17-11-16-10-13(2)21(25)23(27)19(16)20(17)24(28)22(18)26/h3,10,12,14-15H,1,4-9,11H2,2H3. The molecule has 0 spiro atoms. The van der Waals surface area contributed by atoms with E-state index in [0.29, 0.717) is 29.0 Å². The van der Waals surface area contributed by atoms with E-state index in [4.69, 9.17) is 0 Å². The van der Waals surface area contributed by atoms with Gasteiger partial charge in [0.2, 0.25) is 0 Å². The molecule has 2 aliphatic rings. The van der Waals surface area contributed by atoms with E-state index in [1.54, 1.807) is 6.07 Å². The van der Waals surface area contributed by atoms with Crippen molar-refractivity contribution in [2.24, 2.45) is 5.92 Å². The first kappa shape index (κ1) is 19.2. The summed E-state index contributed by atoms with van der Waals surface area (Å²) >= 11 is 0. The second-order valence-corrected chi connectivity index (χ2v) is 8.24. The molecule has 0 aliphatic heterocycles. The van der Waals surface area contributed by atoms with Crippen LogP contribution in [0.25, 0.3) is 11.1 Å². The fourth-order valence-corrected chi connectivity index (χ4v) is 4.96. The summed E-state index contributed by atoms with van der Waals surface area (Å²) in [4.78, 5) is 0. The molecular formula is C24H24F4. The number of benzene rings is 2. The van der Waals surface area contributed by atoms with Gasteiger partial charge < -0.3 is 0 Å². The number of hydrogen-bond acceptors (Lipinski definition) is 0. The SMILES string of the molecule is C=CCCC1CCC(c2cc3c(c(F)c2F)-c2c(cc(C)c(F)c2F)C3)CC1. The average molecular weight is 388 g/mol. The van der Waals surface area contributed by atoms with Crippen molar-refractivity contribution in [3.63, 3.8) is 0 Å². The third-order valence-electron chi connectivity index (χ3n) is 6.48. The van der Waals surface area contributed by atoms with Gasteiger partial charge >= 0.3 is 0 Å². The van der Waals surface area contributed by atoms with Crippen molar-refractivity contribution in [2.75, 3.05) is 0 Å². The maximum absolute atomic E-state index is 15.0. The van der Waals surface area contributed by atoms with Crippen LogP contribution in [-0.2, 0) is 6.42 Å². The van der Waals surface area contributed by atoms with Crippen LogP contribution in [0.15, 0.2) is 24.8 Å². The fraction of sp³-hybridized carbons (Fsp3) is 0.417. The summed E-state index contributed by atoms with van der Waals surface area (Å²) in [5.74, 6) is -3.42. The molecule has 0 nitrogen and oxygen atoms in total. The number of fused-ring (bicyclic) bond motifs is 3. The lowest BCUT2D eigenvalue weighted by Gasteiger charge is -2.29. The van der Waals surface area contributed by atoms with Crippen molar-refractivity contribution in [1.29, 1.82) is 0 Å². The maximum Gasteiger partial charge on any atom is 0.167 e. The highest BCUT2D eigenvalue weighted by Crippen LogP contribution is 2.46. The first-order chi connectivity index (χ1) is 13.4. The fourth-order valence-electron chi connectivity index (χ4n) is 4.96. The van der Waals surface area contributed by atoms with Gasteiger partial charge in [0, 0.05) is 11.1 Å². The van der Waals surface area contributed by atoms with Gasteiger partial charge in [0.05, 0.1) is 0 Å². The van der Waals surface area contributed by atoms with E-state index >= 15 is 0 Å². The average Bonchev–Trinajstić information content (AvgIpc) is 3.06. The van der Waals surface area contributed by atoms with Crippen LogP contribution >= 0.6 is 0 Å². The van der Waals surface area contributed by atoms with Crippen LogP contribution in [-0.4, -0.2) is 0 Å².